The van der Waals surface area contributed by atoms with Crippen LogP contribution < -0.4 is 5.32 Å². The second-order valence-electron chi connectivity index (χ2n) is 5.04. The molecule has 15 heavy (non-hydrogen) atoms. The molecule has 1 saturated heterocycles. The average molecular weight is 213 g/mol. The summed E-state index contributed by atoms with van der Waals surface area (Å²) in [6.45, 7) is 3.44. The van der Waals surface area contributed by atoms with Crippen molar-refractivity contribution in [2.45, 2.75) is 57.2 Å². The van der Waals surface area contributed by atoms with Gasteiger partial charge in [0, 0.05) is 25.3 Å². The third kappa shape index (κ3) is 2.92. The molecule has 3 heteroatoms. The van der Waals surface area contributed by atoms with Gasteiger partial charge in [-0.05, 0) is 44.9 Å². The molecule has 2 rings (SSSR count). The molecule has 2 N–H and O–H groups in total. The zero-order chi connectivity index (χ0) is 10.7. The molecule has 1 aliphatic heterocycles. The third-order valence-electron chi connectivity index (χ3n) is 3.93. The summed E-state index contributed by atoms with van der Waals surface area (Å²) in [5.41, 5.74) is 0. The molecule has 1 heterocycles. The molecule has 1 saturated carbocycles. The average Bonchev–Trinajstić information content (AvgIpc) is 2.66. The highest BCUT2D eigenvalue weighted by Gasteiger charge is 2.28. The molecule has 0 aromatic carbocycles. The van der Waals surface area contributed by atoms with Gasteiger partial charge >= 0.3 is 0 Å². The van der Waals surface area contributed by atoms with Gasteiger partial charge in [-0.2, -0.15) is 0 Å². The SMILES string of the molecule is CC1OCCC1NC1CCC(CO)CC1. The van der Waals surface area contributed by atoms with Crippen LogP contribution >= 0.6 is 0 Å². The van der Waals surface area contributed by atoms with Gasteiger partial charge in [-0.3, -0.25) is 0 Å². The largest absolute Gasteiger partial charge is 0.396 e. The highest BCUT2D eigenvalue weighted by Crippen LogP contribution is 2.25. The van der Waals surface area contributed by atoms with Crippen LogP contribution in [0, 0.1) is 5.92 Å². The molecular formula is C12H23NO2. The normalized spacial score (nSPS) is 42.0. The van der Waals surface area contributed by atoms with Crippen molar-refractivity contribution in [3.8, 4) is 0 Å². The Labute approximate surface area is 92.2 Å². The molecule has 1 aliphatic carbocycles. The Hall–Kier alpha value is -0.120. The molecule has 0 radical (unpaired) electrons. The zero-order valence-corrected chi connectivity index (χ0v) is 9.61. The summed E-state index contributed by atoms with van der Waals surface area (Å²) in [7, 11) is 0. The Morgan fingerprint density at radius 3 is 2.47 bits per heavy atom. The predicted molar refractivity (Wildman–Crippen MR) is 59.8 cm³/mol. The van der Waals surface area contributed by atoms with Gasteiger partial charge in [0.15, 0.2) is 0 Å². The molecule has 0 aromatic rings. The fourth-order valence-electron chi connectivity index (χ4n) is 2.77. The Morgan fingerprint density at radius 2 is 1.93 bits per heavy atom. The maximum atomic E-state index is 9.06. The van der Waals surface area contributed by atoms with Gasteiger partial charge in [0.1, 0.15) is 0 Å². The molecule has 2 fully saturated rings. The second-order valence-corrected chi connectivity index (χ2v) is 5.04. The van der Waals surface area contributed by atoms with Gasteiger partial charge in [0.2, 0.25) is 0 Å². The quantitative estimate of drug-likeness (QED) is 0.742. The maximum Gasteiger partial charge on any atom is 0.0700 e. The lowest BCUT2D eigenvalue weighted by Gasteiger charge is -2.31. The van der Waals surface area contributed by atoms with Crippen molar-refractivity contribution < 1.29 is 9.84 Å². The van der Waals surface area contributed by atoms with E-state index in [4.69, 9.17) is 9.84 Å². The maximum absolute atomic E-state index is 9.06. The second kappa shape index (κ2) is 5.28. The van der Waals surface area contributed by atoms with Crippen LogP contribution in [0.5, 0.6) is 0 Å². The van der Waals surface area contributed by atoms with Crippen LogP contribution in [0.2, 0.25) is 0 Å². The molecule has 2 aliphatic rings. The highest BCUT2D eigenvalue weighted by atomic mass is 16.5. The Kier molecular flexibility index (Phi) is 4.00. The molecule has 3 nitrogen and oxygen atoms in total. The van der Waals surface area contributed by atoms with E-state index in [0.29, 0.717) is 30.7 Å². The van der Waals surface area contributed by atoms with Crippen molar-refractivity contribution >= 4 is 0 Å². The molecule has 2 unspecified atom stereocenters. The van der Waals surface area contributed by atoms with Gasteiger partial charge in [-0.25, -0.2) is 0 Å². The molecule has 2 atom stereocenters. The van der Waals surface area contributed by atoms with Gasteiger partial charge in [-0.1, -0.05) is 0 Å². The minimum absolute atomic E-state index is 0.371. The van der Waals surface area contributed by atoms with Gasteiger partial charge in [0.05, 0.1) is 6.10 Å². The lowest BCUT2D eigenvalue weighted by atomic mass is 9.86. The summed E-state index contributed by atoms with van der Waals surface area (Å²) in [6, 6.07) is 1.21. The van der Waals surface area contributed by atoms with Crippen LogP contribution in [0.25, 0.3) is 0 Å². The number of hydrogen-bond acceptors (Lipinski definition) is 3. The third-order valence-corrected chi connectivity index (χ3v) is 3.93. The number of aliphatic hydroxyl groups is 1. The van der Waals surface area contributed by atoms with E-state index in [9.17, 15) is 0 Å². The van der Waals surface area contributed by atoms with E-state index >= 15 is 0 Å². The van der Waals surface area contributed by atoms with Crippen molar-refractivity contribution in [1.29, 1.82) is 0 Å². The summed E-state index contributed by atoms with van der Waals surface area (Å²) in [6.07, 6.45) is 6.32. The zero-order valence-electron chi connectivity index (χ0n) is 9.61. The molecule has 0 bridgehead atoms. The summed E-state index contributed by atoms with van der Waals surface area (Å²) in [4.78, 5) is 0. The molecular weight excluding hydrogens is 190 g/mol. The number of nitrogens with one attached hydrogen (secondary N) is 1. The fourth-order valence-corrected chi connectivity index (χ4v) is 2.77. The number of hydrogen-bond donors (Lipinski definition) is 2. The Balaban J connectivity index is 1.72. The summed E-state index contributed by atoms with van der Waals surface area (Å²) in [5.74, 6) is 0.556. The standard InChI is InChI=1S/C12H23NO2/c1-9-12(6-7-15-9)13-11-4-2-10(8-14)3-5-11/h9-14H,2-8H2,1H3. The number of rotatable bonds is 3. The van der Waals surface area contributed by atoms with Crippen molar-refractivity contribution in [1.82, 2.24) is 5.32 Å². The van der Waals surface area contributed by atoms with E-state index in [1.807, 2.05) is 0 Å². The first kappa shape index (κ1) is 11.4. The first-order valence-corrected chi connectivity index (χ1v) is 6.28. The van der Waals surface area contributed by atoms with Crippen LogP contribution in [-0.2, 0) is 4.74 Å². The van der Waals surface area contributed by atoms with Crippen molar-refractivity contribution in [2.75, 3.05) is 13.2 Å². The van der Waals surface area contributed by atoms with E-state index < -0.39 is 0 Å². The summed E-state index contributed by atoms with van der Waals surface area (Å²) in [5, 5.41) is 12.8. The summed E-state index contributed by atoms with van der Waals surface area (Å²) < 4.78 is 5.55. The number of ether oxygens (including phenoxy) is 1. The minimum Gasteiger partial charge on any atom is -0.396 e. The molecule has 88 valence electrons. The highest BCUT2D eigenvalue weighted by molar-refractivity contribution is 4.85. The van der Waals surface area contributed by atoms with Crippen molar-refractivity contribution in [3.05, 3.63) is 0 Å². The smallest absolute Gasteiger partial charge is 0.0700 e. The molecule has 0 spiro atoms. The van der Waals surface area contributed by atoms with E-state index in [2.05, 4.69) is 12.2 Å². The topological polar surface area (TPSA) is 41.5 Å². The van der Waals surface area contributed by atoms with Crippen LogP contribution in [-0.4, -0.2) is 36.5 Å². The molecule has 0 aromatic heterocycles. The van der Waals surface area contributed by atoms with Crippen LogP contribution in [0.3, 0.4) is 0 Å². The van der Waals surface area contributed by atoms with E-state index in [1.54, 1.807) is 0 Å². The first-order valence-electron chi connectivity index (χ1n) is 6.28. The Morgan fingerprint density at radius 1 is 1.20 bits per heavy atom. The monoisotopic (exact) mass is 213 g/mol. The van der Waals surface area contributed by atoms with Gasteiger partial charge < -0.3 is 15.2 Å². The van der Waals surface area contributed by atoms with Crippen LogP contribution in [0.15, 0.2) is 0 Å². The Bertz CT molecular complexity index is 190. The van der Waals surface area contributed by atoms with Crippen LogP contribution in [0.1, 0.15) is 39.0 Å². The van der Waals surface area contributed by atoms with Crippen LogP contribution in [0.4, 0.5) is 0 Å². The fraction of sp³-hybridized carbons (Fsp3) is 1.00. The lowest BCUT2D eigenvalue weighted by Crippen LogP contribution is -2.43. The minimum atomic E-state index is 0.371. The first-order chi connectivity index (χ1) is 7.29. The van der Waals surface area contributed by atoms with E-state index in [0.717, 1.165) is 13.0 Å². The van der Waals surface area contributed by atoms with Gasteiger partial charge in [-0.15, -0.1) is 0 Å². The van der Waals surface area contributed by atoms with Crippen molar-refractivity contribution in [2.24, 2.45) is 5.92 Å². The van der Waals surface area contributed by atoms with Gasteiger partial charge in [0.25, 0.3) is 0 Å². The van der Waals surface area contributed by atoms with E-state index in [1.165, 1.54) is 25.7 Å². The predicted octanol–water partition coefficient (Wildman–Crippen LogP) is 1.30. The number of aliphatic hydroxyl groups excluding tert-OH is 1. The summed E-state index contributed by atoms with van der Waals surface area (Å²) >= 11 is 0. The lowest BCUT2D eigenvalue weighted by molar-refractivity contribution is 0.106. The van der Waals surface area contributed by atoms with Crippen molar-refractivity contribution in [3.63, 3.8) is 0 Å². The van der Waals surface area contributed by atoms with E-state index in [-0.39, 0.29) is 0 Å². The molecule has 0 amide bonds.